The molecule has 3 rings (SSSR count). The molecule has 130 valence electrons. The maximum Gasteiger partial charge on any atom is 0.237 e. The molecule has 1 saturated carbocycles. The monoisotopic (exact) mass is 321 g/mol. The zero-order chi connectivity index (χ0) is 16.1. The van der Waals surface area contributed by atoms with Crippen LogP contribution < -0.4 is 5.32 Å². The molecule has 0 aromatic rings. The molecule has 2 aliphatic heterocycles. The quantitative estimate of drug-likeness (QED) is 0.864. The van der Waals surface area contributed by atoms with Gasteiger partial charge in [0.1, 0.15) is 0 Å². The van der Waals surface area contributed by atoms with E-state index in [1.807, 2.05) is 4.90 Å². The first-order valence-corrected chi connectivity index (χ1v) is 9.57. The fourth-order valence-corrected chi connectivity index (χ4v) is 4.41. The number of amides is 2. The van der Waals surface area contributed by atoms with Crippen LogP contribution in [-0.2, 0) is 9.59 Å². The van der Waals surface area contributed by atoms with Gasteiger partial charge in [0, 0.05) is 32.2 Å². The molecule has 1 aliphatic carbocycles. The van der Waals surface area contributed by atoms with Crippen LogP contribution in [0.3, 0.4) is 0 Å². The summed E-state index contributed by atoms with van der Waals surface area (Å²) in [6, 6.07) is 0.260. The maximum absolute atomic E-state index is 12.8. The SMILES string of the molecule is O=C1NCCN(C2CCCC2)[C@@H]1CC(=O)N1CCCCCCC1. The summed E-state index contributed by atoms with van der Waals surface area (Å²) in [5.41, 5.74) is 0. The van der Waals surface area contributed by atoms with Gasteiger partial charge >= 0.3 is 0 Å². The van der Waals surface area contributed by atoms with E-state index in [1.54, 1.807) is 0 Å². The lowest BCUT2D eigenvalue weighted by Gasteiger charge is -2.39. The predicted molar refractivity (Wildman–Crippen MR) is 90.0 cm³/mol. The van der Waals surface area contributed by atoms with Crippen LogP contribution in [0.25, 0.3) is 0 Å². The summed E-state index contributed by atoms with van der Waals surface area (Å²) in [7, 11) is 0. The summed E-state index contributed by atoms with van der Waals surface area (Å²) in [6.45, 7) is 3.37. The molecule has 0 unspecified atom stereocenters. The minimum absolute atomic E-state index is 0.0588. The van der Waals surface area contributed by atoms with Gasteiger partial charge in [-0.05, 0) is 25.7 Å². The Kier molecular flexibility index (Phi) is 5.92. The Balaban J connectivity index is 1.62. The third-order valence-electron chi connectivity index (χ3n) is 5.74. The van der Waals surface area contributed by atoms with Crippen LogP contribution in [0.1, 0.15) is 64.2 Å². The van der Waals surface area contributed by atoms with Crippen molar-refractivity contribution >= 4 is 11.8 Å². The lowest BCUT2D eigenvalue weighted by Crippen LogP contribution is -2.59. The lowest BCUT2D eigenvalue weighted by atomic mass is 10.0. The van der Waals surface area contributed by atoms with Crippen molar-refractivity contribution in [3.63, 3.8) is 0 Å². The average Bonchev–Trinajstić information content (AvgIpc) is 3.03. The Morgan fingerprint density at radius 3 is 2.30 bits per heavy atom. The van der Waals surface area contributed by atoms with Crippen LogP contribution in [0.2, 0.25) is 0 Å². The summed E-state index contributed by atoms with van der Waals surface area (Å²) in [5, 5.41) is 2.96. The summed E-state index contributed by atoms with van der Waals surface area (Å²) in [6.07, 6.45) is 11.2. The van der Waals surface area contributed by atoms with Gasteiger partial charge < -0.3 is 10.2 Å². The molecule has 0 aromatic carbocycles. The second-order valence-corrected chi connectivity index (χ2v) is 7.34. The Morgan fingerprint density at radius 1 is 0.957 bits per heavy atom. The van der Waals surface area contributed by atoms with E-state index in [1.165, 1.54) is 44.9 Å². The van der Waals surface area contributed by atoms with Crippen molar-refractivity contribution in [3.05, 3.63) is 0 Å². The van der Waals surface area contributed by atoms with E-state index >= 15 is 0 Å². The normalized spacial score (nSPS) is 28.3. The summed E-state index contributed by atoms with van der Waals surface area (Å²) in [4.78, 5) is 29.5. The molecule has 5 heteroatoms. The van der Waals surface area contributed by atoms with Gasteiger partial charge in [0.05, 0.1) is 12.5 Å². The van der Waals surface area contributed by atoms with Crippen LogP contribution in [0.5, 0.6) is 0 Å². The maximum atomic E-state index is 12.8. The van der Waals surface area contributed by atoms with Crippen LogP contribution in [0, 0.1) is 0 Å². The Bertz CT molecular complexity index is 412. The fraction of sp³-hybridized carbons (Fsp3) is 0.889. The van der Waals surface area contributed by atoms with Gasteiger partial charge in [0.2, 0.25) is 11.8 Å². The standard InChI is InChI=1S/C18H31N3O2/c22-17(20-11-6-2-1-3-7-12-20)14-16-18(23)19-10-13-21(16)15-8-4-5-9-15/h15-16H,1-14H2,(H,19,23)/t16-/m1/s1. The predicted octanol–water partition coefficient (Wildman–Crippen LogP) is 1.91. The number of hydrogen-bond acceptors (Lipinski definition) is 3. The third kappa shape index (κ3) is 4.25. The van der Waals surface area contributed by atoms with E-state index in [9.17, 15) is 9.59 Å². The van der Waals surface area contributed by atoms with Crippen molar-refractivity contribution in [2.45, 2.75) is 76.3 Å². The highest BCUT2D eigenvalue weighted by Crippen LogP contribution is 2.27. The average molecular weight is 321 g/mol. The summed E-state index contributed by atoms with van der Waals surface area (Å²) < 4.78 is 0. The number of hydrogen-bond donors (Lipinski definition) is 1. The van der Waals surface area contributed by atoms with Gasteiger partial charge in [-0.3, -0.25) is 14.5 Å². The molecule has 1 N–H and O–H groups in total. The van der Waals surface area contributed by atoms with E-state index in [-0.39, 0.29) is 17.9 Å². The number of carbonyl (C=O) groups excluding carboxylic acids is 2. The topological polar surface area (TPSA) is 52.7 Å². The zero-order valence-corrected chi connectivity index (χ0v) is 14.3. The Hall–Kier alpha value is -1.10. The highest BCUT2D eigenvalue weighted by atomic mass is 16.2. The molecule has 23 heavy (non-hydrogen) atoms. The molecule has 1 atom stereocenters. The Morgan fingerprint density at radius 2 is 1.61 bits per heavy atom. The number of nitrogens with one attached hydrogen (secondary N) is 1. The number of carbonyl (C=O) groups is 2. The molecule has 0 aromatic heterocycles. The minimum Gasteiger partial charge on any atom is -0.353 e. The van der Waals surface area contributed by atoms with Crippen molar-refractivity contribution in [3.8, 4) is 0 Å². The van der Waals surface area contributed by atoms with Crippen molar-refractivity contribution in [2.75, 3.05) is 26.2 Å². The second-order valence-electron chi connectivity index (χ2n) is 7.34. The van der Waals surface area contributed by atoms with E-state index < -0.39 is 0 Å². The highest BCUT2D eigenvalue weighted by Gasteiger charge is 2.37. The molecule has 2 heterocycles. The van der Waals surface area contributed by atoms with E-state index in [0.29, 0.717) is 12.5 Å². The largest absolute Gasteiger partial charge is 0.353 e. The molecule has 0 bridgehead atoms. The first-order valence-electron chi connectivity index (χ1n) is 9.57. The third-order valence-corrected chi connectivity index (χ3v) is 5.74. The van der Waals surface area contributed by atoms with Gasteiger partial charge in [0.25, 0.3) is 0 Å². The van der Waals surface area contributed by atoms with Gasteiger partial charge in [-0.2, -0.15) is 0 Å². The minimum atomic E-state index is -0.246. The second kappa shape index (κ2) is 8.13. The lowest BCUT2D eigenvalue weighted by molar-refractivity contribution is -0.140. The van der Waals surface area contributed by atoms with E-state index in [2.05, 4.69) is 10.2 Å². The van der Waals surface area contributed by atoms with Crippen molar-refractivity contribution in [2.24, 2.45) is 0 Å². The van der Waals surface area contributed by atoms with Crippen molar-refractivity contribution in [1.29, 1.82) is 0 Å². The molecule has 5 nitrogen and oxygen atoms in total. The molecule has 0 spiro atoms. The molecule has 3 aliphatic rings. The zero-order valence-electron chi connectivity index (χ0n) is 14.3. The molecular weight excluding hydrogens is 290 g/mol. The molecule has 2 amide bonds. The van der Waals surface area contributed by atoms with Gasteiger partial charge in [-0.1, -0.05) is 32.1 Å². The molecular formula is C18H31N3O2. The van der Waals surface area contributed by atoms with Gasteiger partial charge in [-0.25, -0.2) is 0 Å². The number of piperazine rings is 1. The van der Waals surface area contributed by atoms with Crippen LogP contribution >= 0.6 is 0 Å². The first kappa shape index (κ1) is 16.7. The van der Waals surface area contributed by atoms with Crippen LogP contribution in [-0.4, -0.2) is 59.9 Å². The fourth-order valence-electron chi connectivity index (χ4n) is 4.41. The van der Waals surface area contributed by atoms with Crippen LogP contribution in [0.15, 0.2) is 0 Å². The Labute approximate surface area is 139 Å². The van der Waals surface area contributed by atoms with Crippen LogP contribution in [0.4, 0.5) is 0 Å². The highest BCUT2D eigenvalue weighted by molar-refractivity contribution is 5.88. The molecule has 0 radical (unpaired) electrons. The van der Waals surface area contributed by atoms with Crippen molar-refractivity contribution < 1.29 is 9.59 Å². The number of likely N-dealkylation sites (tertiary alicyclic amines) is 1. The summed E-state index contributed by atoms with van der Waals surface area (Å²) >= 11 is 0. The van der Waals surface area contributed by atoms with E-state index in [0.717, 1.165) is 39.0 Å². The van der Waals surface area contributed by atoms with Crippen molar-refractivity contribution in [1.82, 2.24) is 15.1 Å². The van der Waals surface area contributed by atoms with Gasteiger partial charge in [0.15, 0.2) is 0 Å². The molecule has 2 saturated heterocycles. The van der Waals surface area contributed by atoms with E-state index in [4.69, 9.17) is 0 Å². The number of rotatable bonds is 3. The summed E-state index contributed by atoms with van der Waals surface area (Å²) in [5.74, 6) is 0.237. The first-order chi connectivity index (χ1) is 11.3. The van der Waals surface area contributed by atoms with Gasteiger partial charge in [-0.15, -0.1) is 0 Å². The number of nitrogens with zero attached hydrogens (tertiary/aromatic N) is 2. The molecule has 3 fully saturated rings. The smallest absolute Gasteiger partial charge is 0.237 e.